The maximum absolute atomic E-state index is 12.0. The second-order valence-corrected chi connectivity index (χ2v) is 7.91. The zero-order chi connectivity index (χ0) is 13.3. The number of aromatic nitrogens is 1. The lowest BCUT2D eigenvalue weighted by Gasteiger charge is -2.06. The number of hydrogen-bond donors (Lipinski definition) is 1. The van der Waals surface area contributed by atoms with Gasteiger partial charge in [0.1, 0.15) is 13.8 Å². The highest BCUT2D eigenvalue weighted by molar-refractivity contribution is 9.10. The monoisotopic (exact) mass is 386 g/mol. The van der Waals surface area contributed by atoms with Gasteiger partial charge in [-0.25, -0.2) is 13.4 Å². The van der Waals surface area contributed by atoms with Crippen LogP contribution in [0.2, 0.25) is 8.67 Å². The summed E-state index contributed by atoms with van der Waals surface area (Å²) >= 11 is 15.7. The number of anilines is 1. The SMILES string of the molecule is O=S(=O)(Nc1ccc(Br)nc1)c1cc(Cl)sc1Cl. The summed E-state index contributed by atoms with van der Waals surface area (Å²) in [5.41, 5.74) is 0.344. The number of halogens is 3. The molecule has 0 aliphatic carbocycles. The summed E-state index contributed by atoms with van der Waals surface area (Å²) in [4.78, 5) is 3.88. The number of nitrogens with zero attached hydrogens (tertiary/aromatic N) is 1. The maximum atomic E-state index is 12.0. The van der Waals surface area contributed by atoms with Gasteiger partial charge in [-0.2, -0.15) is 0 Å². The number of thiophene rings is 1. The van der Waals surface area contributed by atoms with Crippen molar-refractivity contribution in [2.75, 3.05) is 4.72 Å². The van der Waals surface area contributed by atoms with Gasteiger partial charge in [-0.05, 0) is 34.1 Å². The van der Waals surface area contributed by atoms with E-state index in [-0.39, 0.29) is 9.23 Å². The van der Waals surface area contributed by atoms with Gasteiger partial charge in [-0.1, -0.05) is 23.2 Å². The molecule has 4 nitrogen and oxygen atoms in total. The van der Waals surface area contributed by atoms with Gasteiger partial charge < -0.3 is 0 Å². The molecule has 0 aromatic carbocycles. The third kappa shape index (κ3) is 3.16. The highest BCUT2D eigenvalue weighted by atomic mass is 79.9. The van der Waals surface area contributed by atoms with Crippen LogP contribution in [0.15, 0.2) is 33.9 Å². The van der Waals surface area contributed by atoms with Crippen LogP contribution >= 0.6 is 50.5 Å². The van der Waals surface area contributed by atoms with Crippen LogP contribution in [-0.4, -0.2) is 13.4 Å². The van der Waals surface area contributed by atoms with Crippen LogP contribution in [0.5, 0.6) is 0 Å². The normalized spacial score (nSPS) is 11.5. The van der Waals surface area contributed by atoms with Gasteiger partial charge in [0.05, 0.1) is 16.2 Å². The lowest BCUT2D eigenvalue weighted by molar-refractivity contribution is 0.601. The molecule has 2 rings (SSSR count). The molecule has 96 valence electrons. The Morgan fingerprint density at radius 1 is 1.33 bits per heavy atom. The highest BCUT2D eigenvalue weighted by Crippen LogP contribution is 2.35. The Hall–Kier alpha value is -0.340. The van der Waals surface area contributed by atoms with E-state index in [1.54, 1.807) is 12.1 Å². The minimum Gasteiger partial charge on any atom is -0.278 e. The quantitative estimate of drug-likeness (QED) is 0.809. The zero-order valence-electron chi connectivity index (χ0n) is 8.52. The van der Waals surface area contributed by atoms with Gasteiger partial charge in [0.25, 0.3) is 10.0 Å². The van der Waals surface area contributed by atoms with Crippen molar-refractivity contribution >= 4 is 66.2 Å². The summed E-state index contributed by atoms with van der Waals surface area (Å²) in [5, 5.41) is 0. The average molecular weight is 388 g/mol. The predicted octanol–water partition coefficient (Wildman–Crippen LogP) is 4.01. The summed E-state index contributed by atoms with van der Waals surface area (Å²) in [6.07, 6.45) is 1.39. The number of hydrogen-bond acceptors (Lipinski definition) is 4. The van der Waals surface area contributed by atoms with Crippen molar-refractivity contribution in [3.8, 4) is 0 Å². The third-order valence-corrected chi connectivity index (χ3v) is 5.50. The second kappa shape index (κ2) is 5.34. The molecule has 0 saturated heterocycles. The predicted molar refractivity (Wildman–Crippen MR) is 77.1 cm³/mol. The van der Waals surface area contributed by atoms with Crippen LogP contribution in [0.4, 0.5) is 5.69 Å². The van der Waals surface area contributed by atoms with Crippen molar-refractivity contribution in [1.29, 1.82) is 0 Å². The standard InChI is InChI=1S/C9H5BrCl2N2O2S2/c10-7-2-1-5(4-13-7)14-18(15,16)6-3-8(11)17-9(6)12/h1-4,14H. The van der Waals surface area contributed by atoms with Gasteiger partial charge in [0.15, 0.2) is 0 Å². The largest absolute Gasteiger partial charge is 0.278 e. The minimum atomic E-state index is -3.75. The molecule has 0 bridgehead atoms. The van der Waals surface area contributed by atoms with E-state index >= 15 is 0 Å². The van der Waals surface area contributed by atoms with Crippen molar-refractivity contribution < 1.29 is 8.42 Å². The van der Waals surface area contributed by atoms with E-state index in [1.165, 1.54) is 12.3 Å². The lowest BCUT2D eigenvalue weighted by atomic mass is 10.4. The molecule has 0 atom stereocenters. The van der Waals surface area contributed by atoms with Crippen LogP contribution < -0.4 is 4.72 Å². The van der Waals surface area contributed by atoms with Gasteiger partial charge in [-0.15, -0.1) is 11.3 Å². The molecular weight excluding hydrogens is 383 g/mol. The van der Waals surface area contributed by atoms with Gasteiger partial charge in [-0.3, -0.25) is 4.72 Å². The number of sulfonamides is 1. The van der Waals surface area contributed by atoms with Crippen LogP contribution in [0.1, 0.15) is 0 Å². The van der Waals surface area contributed by atoms with Crippen LogP contribution in [0.25, 0.3) is 0 Å². The topological polar surface area (TPSA) is 59.1 Å². The van der Waals surface area contributed by atoms with Crippen molar-refractivity contribution in [2.45, 2.75) is 4.90 Å². The molecule has 0 radical (unpaired) electrons. The van der Waals surface area contributed by atoms with Crippen LogP contribution in [-0.2, 0) is 10.0 Å². The summed E-state index contributed by atoms with van der Waals surface area (Å²) in [5.74, 6) is 0. The molecule has 0 spiro atoms. The molecule has 0 amide bonds. The Morgan fingerprint density at radius 2 is 2.06 bits per heavy atom. The molecule has 0 aliphatic rings. The Balaban J connectivity index is 2.33. The first-order chi connectivity index (χ1) is 8.38. The summed E-state index contributed by atoms with van der Waals surface area (Å²) in [7, 11) is -3.75. The van der Waals surface area contributed by atoms with Gasteiger partial charge in [0, 0.05) is 0 Å². The van der Waals surface area contributed by atoms with E-state index in [1.807, 2.05) is 0 Å². The summed E-state index contributed by atoms with van der Waals surface area (Å²) in [6, 6.07) is 4.51. The molecule has 0 saturated carbocycles. The van der Waals surface area contributed by atoms with Crippen molar-refractivity contribution in [1.82, 2.24) is 4.98 Å². The molecule has 2 aromatic rings. The Morgan fingerprint density at radius 3 is 2.56 bits per heavy atom. The Kier molecular flexibility index (Phi) is 4.18. The molecule has 0 unspecified atom stereocenters. The number of nitrogens with one attached hydrogen (secondary N) is 1. The van der Waals surface area contributed by atoms with E-state index in [9.17, 15) is 8.42 Å². The van der Waals surface area contributed by atoms with Crippen molar-refractivity contribution in [3.63, 3.8) is 0 Å². The highest BCUT2D eigenvalue weighted by Gasteiger charge is 2.21. The fourth-order valence-corrected chi connectivity index (χ4v) is 4.58. The first-order valence-corrected chi connectivity index (χ1v) is 8.32. The molecule has 0 aliphatic heterocycles. The van der Waals surface area contributed by atoms with Crippen molar-refractivity contribution in [2.24, 2.45) is 0 Å². The van der Waals surface area contributed by atoms with E-state index in [4.69, 9.17) is 23.2 Å². The molecule has 18 heavy (non-hydrogen) atoms. The molecule has 0 fully saturated rings. The van der Waals surface area contributed by atoms with E-state index < -0.39 is 10.0 Å². The van der Waals surface area contributed by atoms with E-state index in [2.05, 4.69) is 25.6 Å². The van der Waals surface area contributed by atoms with Gasteiger partial charge in [0.2, 0.25) is 0 Å². The molecule has 9 heteroatoms. The smallest absolute Gasteiger partial charge is 0.264 e. The zero-order valence-corrected chi connectivity index (χ0v) is 13.3. The molecule has 2 heterocycles. The minimum absolute atomic E-state index is 0.0397. The molecule has 1 N–H and O–H groups in total. The van der Waals surface area contributed by atoms with E-state index in [0.29, 0.717) is 14.6 Å². The summed E-state index contributed by atoms with van der Waals surface area (Å²) < 4.78 is 27.5. The van der Waals surface area contributed by atoms with E-state index in [0.717, 1.165) is 11.3 Å². The molecular formula is C9H5BrCl2N2O2S2. The van der Waals surface area contributed by atoms with Crippen LogP contribution in [0, 0.1) is 0 Å². The second-order valence-electron chi connectivity index (χ2n) is 3.16. The fourth-order valence-electron chi connectivity index (χ4n) is 1.15. The molecule has 2 aromatic heterocycles. The third-order valence-electron chi connectivity index (χ3n) is 1.89. The van der Waals surface area contributed by atoms with Crippen LogP contribution in [0.3, 0.4) is 0 Å². The Bertz CT molecular complexity index is 670. The average Bonchev–Trinajstić information content (AvgIpc) is 2.62. The number of rotatable bonds is 3. The summed E-state index contributed by atoms with van der Waals surface area (Å²) in [6.45, 7) is 0. The first-order valence-electron chi connectivity index (χ1n) is 4.48. The fraction of sp³-hybridized carbons (Fsp3) is 0. The lowest BCUT2D eigenvalue weighted by Crippen LogP contribution is -2.12. The van der Waals surface area contributed by atoms with Crippen molar-refractivity contribution in [3.05, 3.63) is 37.7 Å². The number of pyridine rings is 1. The van der Waals surface area contributed by atoms with Gasteiger partial charge >= 0.3 is 0 Å². The first kappa shape index (κ1) is 14.1. The Labute approximate surface area is 126 Å². The maximum Gasteiger partial charge on any atom is 0.264 e.